The number of aromatic nitrogens is 2. The van der Waals surface area contributed by atoms with Gasteiger partial charge in [-0.1, -0.05) is 18.2 Å². The number of nitrogens with zero attached hydrogens (tertiary/aromatic N) is 3. The van der Waals surface area contributed by atoms with Gasteiger partial charge in [0.15, 0.2) is 0 Å². The van der Waals surface area contributed by atoms with Crippen LogP contribution in [-0.4, -0.2) is 16.6 Å². The number of benzene rings is 1. The lowest BCUT2D eigenvalue weighted by atomic mass is 10.00. The molecule has 1 heterocycles. The van der Waals surface area contributed by atoms with Gasteiger partial charge < -0.3 is 15.2 Å². The van der Waals surface area contributed by atoms with Crippen LogP contribution in [0.25, 0.3) is 6.08 Å². The third kappa shape index (κ3) is 3.82. The summed E-state index contributed by atoms with van der Waals surface area (Å²) in [6.07, 6.45) is 11.0. The van der Waals surface area contributed by atoms with Crippen molar-refractivity contribution in [2.24, 2.45) is 18.7 Å². The van der Waals surface area contributed by atoms with Gasteiger partial charge in [-0.25, -0.2) is 4.98 Å². The molecule has 0 spiro atoms. The van der Waals surface area contributed by atoms with Crippen molar-refractivity contribution in [3.05, 3.63) is 53.6 Å². The number of rotatable bonds is 6. The molecule has 0 saturated heterocycles. The largest absolute Gasteiger partial charge is 0.367 e. The molecule has 4 nitrogen and oxygen atoms in total. The summed E-state index contributed by atoms with van der Waals surface area (Å²) in [5.41, 5.74) is 9.76. The number of hydrogen-bond donors (Lipinski definition) is 1. The Labute approximate surface area is 138 Å². The van der Waals surface area contributed by atoms with E-state index in [2.05, 4.69) is 51.8 Å². The maximum atomic E-state index is 6.13. The second-order valence-electron chi connectivity index (χ2n) is 6.61. The van der Waals surface area contributed by atoms with Crippen molar-refractivity contribution in [2.75, 3.05) is 11.9 Å². The molecule has 1 saturated carbocycles. The van der Waals surface area contributed by atoms with Crippen molar-refractivity contribution in [3.8, 4) is 0 Å². The SMILES string of the molecule is C[C@H](N)c1ccc(N(C)Cc2nccn2C)cc1/C=C/C1CC1. The molecule has 2 aromatic rings. The van der Waals surface area contributed by atoms with Crippen LogP contribution < -0.4 is 10.6 Å². The van der Waals surface area contributed by atoms with Crippen molar-refractivity contribution in [2.45, 2.75) is 32.4 Å². The average Bonchev–Trinajstić information content (AvgIpc) is 3.28. The fourth-order valence-corrected chi connectivity index (χ4v) is 2.74. The summed E-state index contributed by atoms with van der Waals surface area (Å²) >= 11 is 0. The van der Waals surface area contributed by atoms with Crippen molar-refractivity contribution >= 4 is 11.8 Å². The number of allylic oxidation sites excluding steroid dienone is 1. The maximum absolute atomic E-state index is 6.13. The van der Waals surface area contributed by atoms with Crippen LogP contribution in [0.15, 0.2) is 36.7 Å². The van der Waals surface area contributed by atoms with E-state index in [1.54, 1.807) is 0 Å². The molecule has 0 bridgehead atoms. The summed E-state index contributed by atoms with van der Waals surface area (Å²) in [5, 5.41) is 0. The van der Waals surface area contributed by atoms with E-state index in [0.29, 0.717) is 0 Å². The summed E-state index contributed by atoms with van der Waals surface area (Å²) in [6, 6.07) is 6.58. The molecule has 1 aromatic heterocycles. The lowest BCUT2D eigenvalue weighted by molar-refractivity contribution is 0.760. The van der Waals surface area contributed by atoms with Gasteiger partial charge in [-0.05, 0) is 48.9 Å². The van der Waals surface area contributed by atoms with Crippen LogP contribution in [0.5, 0.6) is 0 Å². The highest BCUT2D eigenvalue weighted by molar-refractivity contribution is 5.62. The number of hydrogen-bond acceptors (Lipinski definition) is 3. The molecule has 23 heavy (non-hydrogen) atoms. The van der Waals surface area contributed by atoms with Gasteiger partial charge >= 0.3 is 0 Å². The minimum atomic E-state index is 0.0442. The summed E-state index contributed by atoms with van der Waals surface area (Å²) in [5.74, 6) is 1.82. The molecule has 1 fully saturated rings. The van der Waals surface area contributed by atoms with E-state index in [-0.39, 0.29) is 6.04 Å². The van der Waals surface area contributed by atoms with E-state index < -0.39 is 0 Å². The van der Waals surface area contributed by atoms with Crippen molar-refractivity contribution in [3.63, 3.8) is 0 Å². The maximum Gasteiger partial charge on any atom is 0.127 e. The molecule has 4 heteroatoms. The summed E-state index contributed by atoms with van der Waals surface area (Å²) in [7, 11) is 4.13. The van der Waals surface area contributed by atoms with Gasteiger partial charge in [-0.2, -0.15) is 0 Å². The summed E-state index contributed by atoms with van der Waals surface area (Å²) < 4.78 is 2.06. The molecule has 3 rings (SSSR count). The molecule has 122 valence electrons. The second kappa shape index (κ2) is 6.59. The molecule has 1 atom stereocenters. The molecule has 0 amide bonds. The highest BCUT2D eigenvalue weighted by atomic mass is 15.2. The molecular weight excluding hydrogens is 284 g/mol. The van der Waals surface area contributed by atoms with Crippen LogP contribution in [0.4, 0.5) is 5.69 Å². The van der Waals surface area contributed by atoms with E-state index in [4.69, 9.17) is 5.73 Å². The van der Waals surface area contributed by atoms with Gasteiger partial charge in [0.1, 0.15) is 5.82 Å². The quantitative estimate of drug-likeness (QED) is 0.888. The number of imidazole rings is 1. The topological polar surface area (TPSA) is 47.1 Å². The average molecular weight is 310 g/mol. The van der Waals surface area contributed by atoms with Gasteiger partial charge in [-0.3, -0.25) is 0 Å². The Balaban J connectivity index is 1.83. The monoisotopic (exact) mass is 310 g/mol. The standard InChI is InChI=1S/C19H26N4/c1-14(20)18-9-8-17(12-16(18)7-6-15-4-5-15)23(3)13-19-21-10-11-22(19)2/h6-12,14-15H,4-5,13,20H2,1-3H3/b7-6+/t14-/m0/s1. The van der Waals surface area contributed by atoms with Gasteiger partial charge in [0.2, 0.25) is 0 Å². The zero-order chi connectivity index (χ0) is 16.4. The first-order chi connectivity index (χ1) is 11.0. The highest BCUT2D eigenvalue weighted by Gasteiger charge is 2.17. The van der Waals surface area contributed by atoms with Crippen LogP contribution in [0.1, 0.15) is 42.8 Å². The van der Waals surface area contributed by atoms with Crippen LogP contribution in [0.3, 0.4) is 0 Å². The Kier molecular flexibility index (Phi) is 4.53. The molecule has 0 unspecified atom stereocenters. The Bertz CT molecular complexity index is 695. The smallest absolute Gasteiger partial charge is 0.127 e. The molecule has 1 aromatic carbocycles. The van der Waals surface area contributed by atoms with Gasteiger partial charge in [-0.15, -0.1) is 0 Å². The number of nitrogens with two attached hydrogens (primary N) is 1. The normalized spacial score (nSPS) is 16.0. The third-order valence-electron chi connectivity index (χ3n) is 4.47. The minimum Gasteiger partial charge on any atom is -0.367 e. The fraction of sp³-hybridized carbons (Fsp3) is 0.421. The Morgan fingerprint density at radius 1 is 1.43 bits per heavy atom. The van der Waals surface area contributed by atoms with E-state index in [0.717, 1.165) is 18.3 Å². The first-order valence-electron chi connectivity index (χ1n) is 8.29. The van der Waals surface area contributed by atoms with Gasteiger partial charge in [0.25, 0.3) is 0 Å². The lowest BCUT2D eigenvalue weighted by Crippen LogP contribution is -2.19. The first-order valence-corrected chi connectivity index (χ1v) is 8.29. The van der Waals surface area contributed by atoms with E-state index in [1.165, 1.54) is 29.7 Å². The van der Waals surface area contributed by atoms with Crippen molar-refractivity contribution in [1.82, 2.24) is 9.55 Å². The summed E-state index contributed by atoms with van der Waals surface area (Å²) in [4.78, 5) is 6.63. The molecule has 0 radical (unpaired) electrons. The Hall–Kier alpha value is -2.07. The zero-order valence-corrected chi connectivity index (χ0v) is 14.2. The van der Waals surface area contributed by atoms with E-state index in [1.807, 2.05) is 26.4 Å². The van der Waals surface area contributed by atoms with Gasteiger partial charge in [0.05, 0.1) is 6.54 Å². The first kappa shape index (κ1) is 15.8. The molecular formula is C19H26N4. The van der Waals surface area contributed by atoms with Crippen molar-refractivity contribution in [1.29, 1.82) is 0 Å². The van der Waals surface area contributed by atoms with E-state index in [9.17, 15) is 0 Å². The Morgan fingerprint density at radius 2 is 2.22 bits per heavy atom. The Morgan fingerprint density at radius 3 is 2.83 bits per heavy atom. The van der Waals surface area contributed by atoms with Crippen molar-refractivity contribution < 1.29 is 0 Å². The summed E-state index contributed by atoms with van der Waals surface area (Å²) in [6.45, 7) is 2.83. The molecule has 0 aliphatic heterocycles. The zero-order valence-electron chi connectivity index (χ0n) is 14.2. The number of anilines is 1. The predicted molar refractivity (Wildman–Crippen MR) is 96.1 cm³/mol. The highest BCUT2D eigenvalue weighted by Crippen LogP contribution is 2.32. The molecule has 2 N–H and O–H groups in total. The lowest BCUT2D eigenvalue weighted by Gasteiger charge is -2.21. The second-order valence-corrected chi connectivity index (χ2v) is 6.61. The third-order valence-corrected chi connectivity index (χ3v) is 4.47. The van der Waals surface area contributed by atoms with E-state index >= 15 is 0 Å². The van der Waals surface area contributed by atoms with Crippen LogP contribution in [-0.2, 0) is 13.6 Å². The number of aryl methyl sites for hydroxylation is 1. The van der Waals surface area contributed by atoms with Crippen LogP contribution >= 0.6 is 0 Å². The van der Waals surface area contributed by atoms with Crippen LogP contribution in [0, 0.1) is 5.92 Å². The fourth-order valence-electron chi connectivity index (χ4n) is 2.74. The van der Waals surface area contributed by atoms with Gasteiger partial charge in [0, 0.05) is 38.2 Å². The minimum absolute atomic E-state index is 0.0442. The molecule has 1 aliphatic carbocycles. The van der Waals surface area contributed by atoms with Crippen LogP contribution in [0.2, 0.25) is 0 Å². The molecule has 1 aliphatic rings. The predicted octanol–water partition coefficient (Wildman–Crippen LogP) is 3.50.